The maximum atomic E-state index is 13.6. The lowest BCUT2D eigenvalue weighted by atomic mass is 10.2. The van der Waals surface area contributed by atoms with Gasteiger partial charge in [-0.1, -0.05) is 29.3 Å². The van der Waals surface area contributed by atoms with Gasteiger partial charge in [0.25, 0.3) is 10.0 Å². The van der Waals surface area contributed by atoms with E-state index in [1.165, 1.54) is 12.1 Å². The van der Waals surface area contributed by atoms with Crippen molar-refractivity contribution in [3.05, 3.63) is 58.6 Å². The van der Waals surface area contributed by atoms with Crippen molar-refractivity contribution in [3.8, 4) is 0 Å². The van der Waals surface area contributed by atoms with Crippen molar-refractivity contribution in [2.24, 2.45) is 0 Å². The first-order chi connectivity index (χ1) is 9.29. The maximum Gasteiger partial charge on any atom is 0.262 e. The van der Waals surface area contributed by atoms with Crippen LogP contribution in [0.25, 0.3) is 0 Å². The van der Waals surface area contributed by atoms with E-state index in [1.807, 2.05) is 4.72 Å². The number of anilines is 1. The summed E-state index contributed by atoms with van der Waals surface area (Å²) in [6.07, 6.45) is 0. The van der Waals surface area contributed by atoms with E-state index in [4.69, 9.17) is 11.6 Å². The molecule has 0 spiro atoms. The second-order valence-corrected chi connectivity index (χ2v) is 6.25. The monoisotopic (exact) mass is 317 g/mol. The molecule has 1 N–H and O–H groups in total. The van der Waals surface area contributed by atoms with Gasteiger partial charge < -0.3 is 0 Å². The summed E-state index contributed by atoms with van der Waals surface area (Å²) >= 11 is 5.65. The highest BCUT2D eigenvalue weighted by Crippen LogP contribution is 2.28. The molecule has 0 aromatic heterocycles. The molecule has 0 aliphatic heterocycles. The van der Waals surface area contributed by atoms with Gasteiger partial charge in [-0.2, -0.15) is 0 Å². The molecule has 0 amide bonds. The van der Waals surface area contributed by atoms with Gasteiger partial charge >= 0.3 is 0 Å². The first-order valence-electron chi connectivity index (χ1n) is 5.53. The second kappa shape index (κ2) is 5.38. The lowest BCUT2D eigenvalue weighted by molar-refractivity contribution is 0.583. The van der Waals surface area contributed by atoms with Gasteiger partial charge in [-0.05, 0) is 25.1 Å². The normalized spacial score (nSPS) is 11.4. The molecular formula is C13H10ClF2NO2S. The van der Waals surface area contributed by atoms with Gasteiger partial charge in [-0.25, -0.2) is 17.2 Å². The Hall–Kier alpha value is -1.66. The third-order valence-electron chi connectivity index (χ3n) is 2.57. The van der Waals surface area contributed by atoms with Crippen LogP contribution in [-0.4, -0.2) is 8.42 Å². The van der Waals surface area contributed by atoms with E-state index < -0.39 is 27.3 Å². The van der Waals surface area contributed by atoms with Gasteiger partial charge in [0.15, 0.2) is 5.82 Å². The van der Waals surface area contributed by atoms with Crippen LogP contribution in [-0.2, 0) is 10.0 Å². The average molecular weight is 318 g/mol. The van der Waals surface area contributed by atoms with Crippen molar-refractivity contribution in [3.63, 3.8) is 0 Å². The van der Waals surface area contributed by atoms with Crippen LogP contribution in [0, 0.1) is 18.6 Å². The summed E-state index contributed by atoms with van der Waals surface area (Å²) in [6, 6.07) is 7.37. The number of hydrogen-bond donors (Lipinski definition) is 1. The van der Waals surface area contributed by atoms with Crippen molar-refractivity contribution in [2.45, 2.75) is 11.8 Å². The third kappa shape index (κ3) is 3.08. The summed E-state index contributed by atoms with van der Waals surface area (Å²) in [6.45, 7) is 1.81. The average Bonchev–Trinajstić information content (AvgIpc) is 2.34. The lowest BCUT2D eigenvalue weighted by Crippen LogP contribution is -2.14. The molecule has 2 rings (SSSR count). The zero-order valence-electron chi connectivity index (χ0n) is 10.3. The SMILES string of the molecule is Cc1ccc(S(=O)(=O)Nc2c(F)cc(F)cc2Cl)cc1. The topological polar surface area (TPSA) is 46.2 Å². The zero-order valence-corrected chi connectivity index (χ0v) is 11.9. The highest BCUT2D eigenvalue weighted by molar-refractivity contribution is 7.92. The molecule has 0 atom stereocenters. The molecule has 3 nitrogen and oxygen atoms in total. The molecule has 0 heterocycles. The molecule has 0 saturated carbocycles. The molecule has 106 valence electrons. The summed E-state index contributed by atoms with van der Waals surface area (Å²) in [4.78, 5) is -0.0390. The summed E-state index contributed by atoms with van der Waals surface area (Å²) in [5, 5.41) is -0.349. The largest absolute Gasteiger partial charge is 0.275 e. The van der Waals surface area contributed by atoms with Gasteiger partial charge in [0, 0.05) is 6.07 Å². The number of rotatable bonds is 3. The van der Waals surface area contributed by atoms with E-state index >= 15 is 0 Å². The number of sulfonamides is 1. The van der Waals surface area contributed by atoms with Gasteiger partial charge in [0.1, 0.15) is 11.5 Å². The molecule has 0 aliphatic rings. The molecule has 0 fully saturated rings. The van der Waals surface area contributed by atoms with Crippen LogP contribution in [0.5, 0.6) is 0 Å². The molecule has 0 unspecified atom stereocenters. The van der Waals surface area contributed by atoms with Crippen molar-refractivity contribution in [1.82, 2.24) is 0 Å². The fourth-order valence-electron chi connectivity index (χ4n) is 1.55. The van der Waals surface area contributed by atoms with Crippen LogP contribution >= 0.6 is 11.6 Å². The minimum atomic E-state index is -3.98. The predicted octanol–water partition coefficient (Wildman–Crippen LogP) is 3.73. The van der Waals surface area contributed by atoms with Gasteiger partial charge in [-0.3, -0.25) is 4.72 Å². The predicted molar refractivity (Wildman–Crippen MR) is 73.4 cm³/mol. The first kappa shape index (κ1) is 14.7. The van der Waals surface area contributed by atoms with E-state index in [2.05, 4.69) is 0 Å². The van der Waals surface area contributed by atoms with E-state index in [-0.39, 0.29) is 9.92 Å². The number of halogens is 3. The van der Waals surface area contributed by atoms with E-state index in [0.717, 1.165) is 11.6 Å². The van der Waals surface area contributed by atoms with E-state index in [9.17, 15) is 17.2 Å². The Labute approximate surface area is 120 Å². The molecule has 7 heteroatoms. The number of aryl methyl sites for hydroxylation is 1. The molecule has 2 aromatic rings. The quantitative estimate of drug-likeness (QED) is 0.937. The fraction of sp³-hybridized carbons (Fsp3) is 0.0769. The summed E-state index contributed by atoms with van der Waals surface area (Å²) < 4.78 is 52.6. The lowest BCUT2D eigenvalue weighted by Gasteiger charge is -2.11. The highest BCUT2D eigenvalue weighted by Gasteiger charge is 2.19. The van der Waals surface area contributed by atoms with Crippen LogP contribution < -0.4 is 4.72 Å². The van der Waals surface area contributed by atoms with Crippen LogP contribution in [0.2, 0.25) is 5.02 Å². The minimum absolute atomic E-state index is 0.0390. The Morgan fingerprint density at radius 3 is 2.25 bits per heavy atom. The third-order valence-corrected chi connectivity index (χ3v) is 4.24. The molecule has 0 saturated heterocycles. The van der Waals surface area contributed by atoms with Crippen molar-refractivity contribution >= 4 is 27.3 Å². The highest BCUT2D eigenvalue weighted by atomic mass is 35.5. The Balaban J connectivity index is 2.41. The van der Waals surface area contributed by atoms with E-state index in [0.29, 0.717) is 6.07 Å². The van der Waals surface area contributed by atoms with Crippen LogP contribution in [0.1, 0.15) is 5.56 Å². The number of benzene rings is 2. The molecular weight excluding hydrogens is 308 g/mol. The van der Waals surface area contributed by atoms with Gasteiger partial charge in [-0.15, -0.1) is 0 Å². The number of hydrogen-bond acceptors (Lipinski definition) is 2. The molecule has 0 bridgehead atoms. The van der Waals surface area contributed by atoms with Crippen LogP contribution in [0.4, 0.5) is 14.5 Å². The molecule has 0 radical (unpaired) electrons. The number of nitrogens with one attached hydrogen (secondary N) is 1. The molecule has 2 aromatic carbocycles. The summed E-state index contributed by atoms with van der Waals surface area (Å²) in [5.74, 6) is -1.96. The standard InChI is InChI=1S/C13H10ClF2NO2S/c1-8-2-4-10(5-3-8)20(18,19)17-13-11(14)6-9(15)7-12(13)16/h2-7,17H,1H3. The smallest absolute Gasteiger partial charge is 0.262 e. The fourth-order valence-corrected chi connectivity index (χ4v) is 2.94. The zero-order chi connectivity index (χ0) is 14.9. The second-order valence-electron chi connectivity index (χ2n) is 4.16. The van der Waals surface area contributed by atoms with Gasteiger partial charge in [0.05, 0.1) is 9.92 Å². The molecule has 20 heavy (non-hydrogen) atoms. The van der Waals surface area contributed by atoms with Gasteiger partial charge in [0.2, 0.25) is 0 Å². The summed E-state index contributed by atoms with van der Waals surface area (Å²) in [7, 11) is -3.98. The van der Waals surface area contributed by atoms with Crippen LogP contribution in [0.15, 0.2) is 41.3 Å². The van der Waals surface area contributed by atoms with Crippen molar-refractivity contribution < 1.29 is 17.2 Å². The maximum absolute atomic E-state index is 13.6. The minimum Gasteiger partial charge on any atom is -0.275 e. The van der Waals surface area contributed by atoms with Crippen LogP contribution in [0.3, 0.4) is 0 Å². The van der Waals surface area contributed by atoms with Crippen molar-refractivity contribution in [2.75, 3.05) is 4.72 Å². The Bertz CT molecular complexity index is 722. The summed E-state index contributed by atoms with van der Waals surface area (Å²) in [5.41, 5.74) is 0.406. The Kier molecular flexibility index (Phi) is 3.96. The van der Waals surface area contributed by atoms with Crippen molar-refractivity contribution in [1.29, 1.82) is 0 Å². The van der Waals surface area contributed by atoms with E-state index in [1.54, 1.807) is 19.1 Å². The Morgan fingerprint density at radius 2 is 1.70 bits per heavy atom. The Morgan fingerprint density at radius 1 is 1.10 bits per heavy atom. The molecule has 0 aliphatic carbocycles. The first-order valence-corrected chi connectivity index (χ1v) is 7.40.